The van der Waals surface area contributed by atoms with Gasteiger partial charge in [0.2, 0.25) is 0 Å². The highest BCUT2D eigenvalue weighted by Crippen LogP contribution is 2.30. The smallest absolute Gasteiger partial charge is 0.314 e. The highest BCUT2D eigenvalue weighted by Gasteiger charge is 2.26. The second-order valence-electron chi connectivity index (χ2n) is 7.48. The standard InChI is InChI=1S/C19H36N2O4/c20-18(24)21(15-9-5-2-6-11-17(22)23)16-10-14-19(25)12-7-3-1-4-8-13-19/h25H,1-16H2,(H2,20,24)(H,22,23). The first-order chi connectivity index (χ1) is 11.9. The number of carboxylic acid groups (broad SMARTS) is 1. The Hall–Kier alpha value is -1.30. The first-order valence-electron chi connectivity index (χ1n) is 9.91. The molecular formula is C19H36N2O4. The van der Waals surface area contributed by atoms with Gasteiger partial charge in [0, 0.05) is 19.5 Å². The van der Waals surface area contributed by atoms with Crippen LogP contribution in [0.15, 0.2) is 0 Å². The van der Waals surface area contributed by atoms with Gasteiger partial charge in [-0.2, -0.15) is 0 Å². The number of aliphatic carboxylic acids is 1. The zero-order valence-corrected chi connectivity index (χ0v) is 15.5. The summed E-state index contributed by atoms with van der Waals surface area (Å²) in [6.07, 6.45) is 12.6. The lowest BCUT2D eigenvalue weighted by atomic mass is 9.84. The molecule has 6 heteroatoms. The maximum Gasteiger partial charge on any atom is 0.314 e. The molecule has 1 rings (SSSR count). The molecule has 1 fully saturated rings. The molecular weight excluding hydrogens is 320 g/mol. The number of hydrogen-bond donors (Lipinski definition) is 3. The van der Waals surface area contributed by atoms with Crippen LogP contribution < -0.4 is 5.73 Å². The van der Waals surface area contributed by atoms with Crippen LogP contribution in [-0.4, -0.2) is 45.8 Å². The van der Waals surface area contributed by atoms with Crippen molar-refractivity contribution in [2.24, 2.45) is 5.73 Å². The lowest BCUT2D eigenvalue weighted by Gasteiger charge is -2.31. The number of rotatable bonds is 11. The van der Waals surface area contributed by atoms with Crippen molar-refractivity contribution >= 4 is 12.0 Å². The summed E-state index contributed by atoms with van der Waals surface area (Å²) in [5.41, 5.74) is 4.89. The Kier molecular flexibility index (Phi) is 10.5. The predicted octanol–water partition coefficient (Wildman–Crippen LogP) is 3.66. The largest absolute Gasteiger partial charge is 0.481 e. The van der Waals surface area contributed by atoms with E-state index in [0.717, 1.165) is 57.8 Å². The number of urea groups is 1. The molecule has 0 bridgehead atoms. The van der Waals surface area contributed by atoms with E-state index >= 15 is 0 Å². The summed E-state index contributed by atoms with van der Waals surface area (Å²) in [5, 5.41) is 19.4. The molecule has 0 aliphatic heterocycles. The van der Waals surface area contributed by atoms with Crippen LogP contribution in [0.5, 0.6) is 0 Å². The van der Waals surface area contributed by atoms with E-state index in [0.29, 0.717) is 19.5 Å². The van der Waals surface area contributed by atoms with Crippen LogP contribution in [0.4, 0.5) is 4.79 Å². The van der Waals surface area contributed by atoms with Crippen molar-refractivity contribution in [3.8, 4) is 0 Å². The van der Waals surface area contributed by atoms with E-state index < -0.39 is 17.6 Å². The highest BCUT2D eigenvalue weighted by molar-refractivity contribution is 5.71. The van der Waals surface area contributed by atoms with Gasteiger partial charge in [0.1, 0.15) is 0 Å². The van der Waals surface area contributed by atoms with Crippen molar-refractivity contribution in [2.45, 2.75) is 95.5 Å². The molecule has 0 aromatic carbocycles. The average Bonchev–Trinajstić information content (AvgIpc) is 2.52. The third kappa shape index (κ3) is 10.3. The fourth-order valence-electron chi connectivity index (χ4n) is 3.68. The molecule has 1 aliphatic carbocycles. The van der Waals surface area contributed by atoms with Crippen molar-refractivity contribution in [3.63, 3.8) is 0 Å². The maximum atomic E-state index is 11.6. The number of amides is 2. The maximum absolute atomic E-state index is 11.6. The van der Waals surface area contributed by atoms with E-state index in [2.05, 4.69) is 0 Å². The summed E-state index contributed by atoms with van der Waals surface area (Å²) in [7, 11) is 0. The number of aliphatic hydroxyl groups is 1. The molecule has 4 N–H and O–H groups in total. The molecule has 0 heterocycles. The summed E-state index contributed by atoms with van der Waals surface area (Å²) in [6.45, 7) is 1.20. The van der Waals surface area contributed by atoms with Gasteiger partial charge in [-0.15, -0.1) is 0 Å². The van der Waals surface area contributed by atoms with Gasteiger partial charge in [-0.3, -0.25) is 4.79 Å². The van der Waals surface area contributed by atoms with Gasteiger partial charge in [-0.05, 0) is 38.5 Å². The van der Waals surface area contributed by atoms with Gasteiger partial charge in [-0.25, -0.2) is 4.79 Å². The van der Waals surface area contributed by atoms with Crippen LogP contribution in [0.2, 0.25) is 0 Å². The number of primary amides is 1. The van der Waals surface area contributed by atoms with E-state index in [-0.39, 0.29) is 6.42 Å². The number of nitrogens with two attached hydrogens (primary N) is 1. The average molecular weight is 357 g/mol. The first-order valence-corrected chi connectivity index (χ1v) is 9.91. The SMILES string of the molecule is NC(=O)N(CCCCCCC(=O)O)CCCC1(O)CCCCCCC1. The molecule has 0 unspecified atom stereocenters. The molecule has 0 saturated heterocycles. The van der Waals surface area contributed by atoms with E-state index in [1.165, 1.54) is 19.3 Å². The van der Waals surface area contributed by atoms with Crippen molar-refractivity contribution in [3.05, 3.63) is 0 Å². The molecule has 6 nitrogen and oxygen atoms in total. The minimum absolute atomic E-state index is 0.206. The van der Waals surface area contributed by atoms with Crippen LogP contribution in [0, 0.1) is 0 Å². The topological polar surface area (TPSA) is 104 Å². The van der Waals surface area contributed by atoms with E-state index in [4.69, 9.17) is 10.8 Å². The predicted molar refractivity (Wildman–Crippen MR) is 98.4 cm³/mol. The van der Waals surface area contributed by atoms with Crippen LogP contribution in [0.3, 0.4) is 0 Å². The Morgan fingerprint density at radius 3 is 2.04 bits per heavy atom. The van der Waals surface area contributed by atoms with Crippen LogP contribution in [-0.2, 0) is 4.79 Å². The molecule has 146 valence electrons. The summed E-state index contributed by atoms with van der Waals surface area (Å²) < 4.78 is 0. The first kappa shape index (κ1) is 21.7. The van der Waals surface area contributed by atoms with Crippen LogP contribution >= 0.6 is 0 Å². The number of unbranched alkanes of at least 4 members (excludes halogenated alkanes) is 3. The third-order valence-corrected chi connectivity index (χ3v) is 5.23. The fourth-order valence-corrected chi connectivity index (χ4v) is 3.68. The Labute approximate surface area is 151 Å². The van der Waals surface area contributed by atoms with Crippen LogP contribution in [0.25, 0.3) is 0 Å². The van der Waals surface area contributed by atoms with Crippen molar-refractivity contribution < 1.29 is 19.8 Å². The van der Waals surface area contributed by atoms with Gasteiger partial charge in [0.25, 0.3) is 0 Å². The van der Waals surface area contributed by atoms with E-state index in [1.54, 1.807) is 4.90 Å². The lowest BCUT2D eigenvalue weighted by molar-refractivity contribution is -0.137. The van der Waals surface area contributed by atoms with Gasteiger partial charge < -0.3 is 20.8 Å². The second-order valence-corrected chi connectivity index (χ2v) is 7.48. The minimum atomic E-state index is -0.758. The Morgan fingerprint density at radius 1 is 0.880 bits per heavy atom. The fraction of sp³-hybridized carbons (Fsp3) is 0.895. The molecule has 0 spiro atoms. The summed E-state index contributed by atoms with van der Waals surface area (Å²) in [5.74, 6) is -0.758. The number of nitrogens with zero attached hydrogens (tertiary/aromatic N) is 1. The highest BCUT2D eigenvalue weighted by atomic mass is 16.4. The molecule has 25 heavy (non-hydrogen) atoms. The minimum Gasteiger partial charge on any atom is -0.481 e. The molecule has 0 atom stereocenters. The van der Waals surface area contributed by atoms with E-state index in [9.17, 15) is 14.7 Å². The number of carbonyl (C=O) groups is 2. The Morgan fingerprint density at radius 2 is 1.44 bits per heavy atom. The van der Waals surface area contributed by atoms with Crippen LogP contribution in [0.1, 0.15) is 89.9 Å². The zero-order chi connectivity index (χ0) is 18.5. The van der Waals surface area contributed by atoms with Crippen molar-refractivity contribution in [2.75, 3.05) is 13.1 Å². The Bertz CT molecular complexity index is 393. The number of carboxylic acids is 1. The zero-order valence-electron chi connectivity index (χ0n) is 15.5. The summed E-state index contributed by atoms with van der Waals surface area (Å²) >= 11 is 0. The van der Waals surface area contributed by atoms with Gasteiger partial charge >= 0.3 is 12.0 Å². The van der Waals surface area contributed by atoms with Gasteiger partial charge in [-0.1, -0.05) is 44.9 Å². The summed E-state index contributed by atoms with van der Waals surface area (Å²) in [4.78, 5) is 23.7. The summed E-state index contributed by atoms with van der Waals surface area (Å²) in [6, 6.07) is -0.407. The van der Waals surface area contributed by atoms with E-state index in [1.807, 2.05) is 0 Å². The molecule has 0 aromatic heterocycles. The Balaban J connectivity index is 2.23. The molecule has 2 amide bonds. The molecule has 0 radical (unpaired) electrons. The second kappa shape index (κ2) is 12.1. The monoisotopic (exact) mass is 356 g/mol. The molecule has 0 aromatic rings. The molecule has 1 aliphatic rings. The van der Waals surface area contributed by atoms with Gasteiger partial charge in [0.15, 0.2) is 0 Å². The third-order valence-electron chi connectivity index (χ3n) is 5.23. The number of hydrogen-bond acceptors (Lipinski definition) is 3. The quantitative estimate of drug-likeness (QED) is 0.491. The normalized spacial score (nSPS) is 17.5. The van der Waals surface area contributed by atoms with Crippen molar-refractivity contribution in [1.82, 2.24) is 4.90 Å². The number of carbonyl (C=O) groups excluding carboxylic acids is 1. The lowest BCUT2D eigenvalue weighted by Crippen LogP contribution is -2.38. The molecule has 1 saturated carbocycles. The van der Waals surface area contributed by atoms with Crippen molar-refractivity contribution in [1.29, 1.82) is 0 Å². The van der Waals surface area contributed by atoms with Gasteiger partial charge in [0.05, 0.1) is 5.60 Å².